The van der Waals surface area contributed by atoms with E-state index in [0.717, 1.165) is 16.2 Å². The average molecular weight is 382 g/mol. The number of benzene rings is 1. The van der Waals surface area contributed by atoms with Gasteiger partial charge in [-0.25, -0.2) is 4.98 Å². The molecule has 2 N–H and O–H groups in total. The molecule has 2 aromatic heterocycles. The van der Waals surface area contributed by atoms with Crippen LogP contribution in [-0.2, 0) is 4.79 Å². The summed E-state index contributed by atoms with van der Waals surface area (Å²) in [6.45, 7) is 1.85. The number of thioether (sulfide) groups is 1. The zero-order valence-corrected chi connectivity index (χ0v) is 15.4. The first-order chi connectivity index (χ1) is 12.6. The average Bonchev–Trinajstić information content (AvgIpc) is 3.11. The van der Waals surface area contributed by atoms with Crippen LogP contribution in [0.1, 0.15) is 17.3 Å². The topological polar surface area (TPSA) is 84.0 Å². The van der Waals surface area contributed by atoms with Crippen molar-refractivity contribution in [1.29, 1.82) is 0 Å². The lowest BCUT2D eigenvalue weighted by atomic mass is 10.2. The van der Waals surface area contributed by atoms with Gasteiger partial charge in [-0.1, -0.05) is 0 Å². The predicted molar refractivity (Wildman–Crippen MR) is 104 cm³/mol. The number of carbonyl (C=O) groups excluding carboxylic acids is 2. The van der Waals surface area contributed by atoms with Crippen molar-refractivity contribution in [1.82, 2.24) is 9.97 Å². The van der Waals surface area contributed by atoms with Gasteiger partial charge in [0.15, 0.2) is 5.13 Å². The number of fused-ring (bicyclic) bond motifs is 1. The Bertz CT molecular complexity index is 988. The molecule has 26 heavy (non-hydrogen) atoms. The number of amides is 2. The zero-order chi connectivity index (χ0) is 18.1. The Labute approximate surface area is 158 Å². The Balaban J connectivity index is 1.52. The van der Waals surface area contributed by atoms with E-state index < -0.39 is 0 Å². The molecular formula is C18H14N4O2S2. The summed E-state index contributed by atoms with van der Waals surface area (Å²) < 4.78 is 0. The molecule has 1 aromatic carbocycles. The first-order valence-electron chi connectivity index (χ1n) is 7.89. The summed E-state index contributed by atoms with van der Waals surface area (Å²) in [5.74, 6) is -0.321. The summed E-state index contributed by atoms with van der Waals surface area (Å²) in [6.07, 6.45) is 3.43. The Morgan fingerprint density at radius 1 is 1.31 bits per heavy atom. The SMILES string of the molecule is C[C@@H]1Sc2ccc(C(=O)Nc3nc(-c4cccnc4)cs3)cc2NC1=O. The number of nitrogens with zero attached hydrogens (tertiary/aromatic N) is 2. The third kappa shape index (κ3) is 3.33. The lowest BCUT2D eigenvalue weighted by Crippen LogP contribution is -2.26. The second-order valence-corrected chi connectivity index (χ2v) is 7.93. The van der Waals surface area contributed by atoms with Gasteiger partial charge in [-0.2, -0.15) is 0 Å². The number of thiazole rings is 1. The maximum Gasteiger partial charge on any atom is 0.257 e. The van der Waals surface area contributed by atoms with E-state index in [9.17, 15) is 9.59 Å². The number of anilines is 2. The molecule has 3 aromatic rings. The van der Waals surface area contributed by atoms with E-state index in [0.29, 0.717) is 16.4 Å². The fourth-order valence-electron chi connectivity index (χ4n) is 2.50. The Morgan fingerprint density at radius 2 is 2.19 bits per heavy atom. The van der Waals surface area contributed by atoms with Crippen LogP contribution in [0.5, 0.6) is 0 Å². The molecule has 0 saturated carbocycles. The van der Waals surface area contributed by atoms with Crippen molar-refractivity contribution < 1.29 is 9.59 Å². The molecule has 0 spiro atoms. The third-order valence-corrected chi connectivity index (χ3v) is 5.79. The molecule has 8 heteroatoms. The van der Waals surface area contributed by atoms with Gasteiger partial charge < -0.3 is 5.32 Å². The molecule has 0 fully saturated rings. The quantitative estimate of drug-likeness (QED) is 0.718. The molecule has 4 rings (SSSR count). The highest BCUT2D eigenvalue weighted by Crippen LogP contribution is 2.36. The number of pyridine rings is 1. The van der Waals surface area contributed by atoms with Gasteiger partial charge in [0.2, 0.25) is 5.91 Å². The molecule has 130 valence electrons. The summed E-state index contributed by atoms with van der Waals surface area (Å²) in [4.78, 5) is 33.8. The molecule has 0 unspecified atom stereocenters. The lowest BCUT2D eigenvalue weighted by molar-refractivity contribution is -0.115. The van der Waals surface area contributed by atoms with Crippen molar-refractivity contribution in [2.24, 2.45) is 0 Å². The smallest absolute Gasteiger partial charge is 0.257 e. The fourth-order valence-corrected chi connectivity index (χ4v) is 4.14. The number of hydrogen-bond donors (Lipinski definition) is 2. The van der Waals surface area contributed by atoms with E-state index in [1.165, 1.54) is 23.1 Å². The van der Waals surface area contributed by atoms with Gasteiger partial charge in [0.25, 0.3) is 5.91 Å². The van der Waals surface area contributed by atoms with Crippen LogP contribution in [0.4, 0.5) is 10.8 Å². The van der Waals surface area contributed by atoms with Crippen molar-refractivity contribution >= 4 is 45.7 Å². The van der Waals surface area contributed by atoms with Gasteiger partial charge in [0.1, 0.15) is 0 Å². The van der Waals surface area contributed by atoms with Crippen LogP contribution >= 0.6 is 23.1 Å². The minimum Gasteiger partial charge on any atom is -0.324 e. The lowest BCUT2D eigenvalue weighted by Gasteiger charge is -2.21. The van der Waals surface area contributed by atoms with Gasteiger partial charge in [-0.3, -0.25) is 19.9 Å². The van der Waals surface area contributed by atoms with Crippen molar-refractivity contribution in [3.05, 3.63) is 53.7 Å². The molecule has 0 radical (unpaired) electrons. The fraction of sp³-hybridized carbons (Fsp3) is 0.111. The molecule has 1 aliphatic heterocycles. The monoisotopic (exact) mass is 382 g/mol. The van der Waals surface area contributed by atoms with E-state index in [2.05, 4.69) is 20.6 Å². The highest BCUT2D eigenvalue weighted by molar-refractivity contribution is 8.00. The second-order valence-electron chi connectivity index (χ2n) is 5.69. The van der Waals surface area contributed by atoms with E-state index in [1.807, 2.05) is 30.5 Å². The van der Waals surface area contributed by atoms with Gasteiger partial charge >= 0.3 is 0 Å². The number of rotatable bonds is 3. The maximum atomic E-state index is 12.5. The van der Waals surface area contributed by atoms with Gasteiger partial charge in [-0.05, 0) is 37.3 Å². The van der Waals surface area contributed by atoms with Crippen LogP contribution < -0.4 is 10.6 Å². The van der Waals surface area contributed by atoms with Crippen LogP contribution in [-0.4, -0.2) is 27.0 Å². The molecule has 1 aliphatic rings. The number of carbonyl (C=O) groups is 2. The highest BCUT2D eigenvalue weighted by Gasteiger charge is 2.23. The van der Waals surface area contributed by atoms with Crippen LogP contribution in [0, 0.1) is 0 Å². The minimum atomic E-state index is -0.266. The minimum absolute atomic E-state index is 0.0545. The first-order valence-corrected chi connectivity index (χ1v) is 9.65. The van der Waals surface area contributed by atoms with Crippen molar-refractivity contribution in [3.8, 4) is 11.3 Å². The first kappa shape index (κ1) is 16.7. The van der Waals surface area contributed by atoms with E-state index in [-0.39, 0.29) is 17.1 Å². The largest absolute Gasteiger partial charge is 0.324 e. The Kier molecular flexibility index (Phi) is 4.44. The highest BCUT2D eigenvalue weighted by atomic mass is 32.2. The number of nitrogens with one attached hydrogen (secondary N) is 2. The standard InChI is InChI=1S/C18H14N4O2S2/c1-10-16(23)20-13-7-11(4-5-15(13)26-10)17(24)22-18-21-14(9-25-18)12-3-2-6-19-8-12/h2-10H,1H3,(H,20,23)(H,21,22,24)/t10-/m0/s1. The zero-order valence-electron chi connectivity index (χ0n) is 13.7. The maximum absolute atomic E-state index is 12.5. The van der Waals surface area contributed by atoms with Crippen LogP contribution in [0.25, 0.3) is 11.3 Å². The molecule has 6 nitrogen and oxygen atoms in total. The van der Waals surface area contributed by atoms with Crippen molar-refractivity contribution in [2.45, 2.75) is 17.1 Å². The summed E-state index contributed by atoms with van der Waals surface area (Å²) >= 11 is 2.84. The molecule has 0 aliphatic carbocycles. The molecular weight excluding hydrogens is 368 g/mol. The van der Waals surface area contributed by atoms with E-state index >= 15 is 0 Å². The van der Waals surface area contributed by atoms with E-state index in [1.54, 1.807) is 24.5 Å². The molecule has 1 atom stereocenters. The van der Waals surface area contributed by atoms with Gasteiger partial charge in [0, 0.05) is 33.8 Å². The van der Waals surface area contributed by atoms with Gasteiger partial charge in [-0.15, -0.1) is 23.1 Å². The summed E-state index contributed by atoms with van der Waals surface area (Å²) in [7, 11) is 0. The van der Waals surface area contributed by atoms with Crippen LogP contribution in [0.3, 0.4) is 0 Å². The van der Waals surface area contributed by atoms with Crippen LogP contribution in [0.15, 0.2) is 53.0 Å². The van der Waals surface area contributed by atoms with E-state index in [4.69, 9.17) is 0 Å². The molecule has 3 heterocycles. The number of hydrogen-bond acceptors (Lipinski definition) is 6. The third-order valence-electron chi connectivity index (χ3n) is 3.85. The summed E-state index contributed by atoms with van der Waals surface area (Å²) in [5.41, 5.74) is 2.80. The van der Waals surface area contributed by atoms with Crippen LogP contribution in [0.2, 0.25) is 0 Å². The predicted octanol–water partition coefficient (Wildman–Crippen LogP) is 3.89. The normalized spacial score (nSPS) is 15.9. The summed E-state index contributed by atoms with van der Waals surface area (Å²) in [6, 6.07) is 9.05. The summed E-state index contributed by atoms with van der Waals surface area (Å²) in [5, 5.41) is 7.89. The second kappa shape index (κ2) is 6.89. The Morgan fingerprint density at radius 3 is 3.00 bits per heavy atom. The molecule has 2 amide bonds. The van der Waals surface area contributed by atoms with Crippen molar-refractivity contribution in [2.75, 3.05) is 10.6 Å². The molecule has 0 bridgehead atoms. The number of aromatic nitrogens is 2. The van der Waals surface area contributed by atoms with Crippen molar-refractivity contribution in [3.63, 3.8) is 0 Å². The van der Waals surface area contributed by atoms with Gasteiger partial charge in [0.05, 0.1) is 16.6 Å². The molecule has 0 saturated heterocycles. The Hall–Kier alpha value is -2.71.